The van der Waals surface area contributed by atoms with Crippen molar-refractivity contribution in [1.82, 2.24) is 9.61 Å². The maximum absolute atomic E-state index is 12.8. The molecule has 0 aliphatic heterocycles. The lowest BCUT2D eigenvalue weighted by atomic mass is 10.1. The van der Waals surface area contributed by atoms with Crippen LogP contribution in [0.4, 0.5) is 5.69 Å². The van der Waals surface area contributed by atoms with Crippen LogP contribution in [0.25, 0.3) is 5.52 Å². The second-order valence-electron chi connectivity index (χ2n) is 6.70. The van der Waals surface area contributed by atoms with E-state index in [9.17, 15) is 20.0 Å². The molecule has 0 aliphatic carbocycles. The molecule has 2 heterocycles. The van der Waals surface area contributed by atoms with Crippen molar-refractivity contribution in [3.8, 4) is 17.6 Å². The van der Waals surface area contributed by atoms with Crippen LogP contribution in [0.3, 0.4) is 0 Å². The highest BCUT2D eigenvalue weighted by molar-refractivity contribution is 6.08. The van der Waals surface area contributed by atoms with Gasteiger partial charge in [0.15, 0.2) is 0 Å². The number of hydrogen-bond acceptors (Lipinski definition) is 5. The molecule has 0 saturated carbocycles. The molecule has 8 nitrogen and oxygen atoms in total. The number of carboxylic acids is 1. The monoisotopic (exact) mass is 412 g/mol. The van der Waals surface area contributed by atoms with E-state index in [0.29, 0.717) is 28.1 Å². The third kappa shape index (κ3) is 3.80. The maximum Gasteiger partial charge on any atom is 0.337 e. The van der Waals surface area contributed by atoms with E-state index in [1.165, 1.54) is 16.9 Å². The first-order valence-electron chi connectivity index (χ1n) is 9.26. The normalized spacial score (nSPS) is 10.5. The zero-order chi connectivity index (χ0) is 22.0. The highest BCUT2D eigenvalue weighted by Crippen LogP contribution is 2.28. The molecule has 31 heavy (non-hydrogen) atoms. The summed E-state index contributed by atoms with van der Waals surface area (Å²) in [5.74, 6) is -0.322. The van der Waals surface area contributed by atoms with Crippen LogP contribution in [-0.4, -0.2) is 26.6 Å². The summed E-state index contributed by atoms with van der Waals surface area (Å²) in [7, 11) is 0. The molecule has 2 aromatic heterocycles. The Balaban J connectivity index is 1.64. The van der Waals surface area contributed by atoms with Gasteiger partial charge in [0.1, 0.15) is 17.6 Å². The van der Waals surface area contributed by atoms with Crippen LogP contribution in [-0.2, 0) is 0 Å². The lowest BCUT2D eigenvalue weighted by Crippen LogP contribution is -2.14. The number of ether oxygens (including phenoxy) is 1. The molecular weight excluding hydrogens is 396 g/mol. The summed E-state index contributed by atoms with van der Waals surface area (Å²) in [6, 6.07) is 17.8. The Morgan fingerprint density at radius 1 is 1.10 bits per heavy atom. The number of aromatic nitrogens is 2. The number of benzene rings is 2. The van der Waals surface area contributed by atoms with Gasteiger partial charge in [0.05, 0.1) is 28.5 Å². The van der Waals surface area contributed by atoms with Crippen molar-refractivity contribution in [2.24, 2.45) is 0 Å². The standard InChI is InChI=1S/C23H16N4O4/c1-14-19(23(29)30)13-27-21(14)20(16(11-24)12-25-27)26-22(28)15-7-9-18(10-8-15)31-17-5-3-2-4-6-17/h2-10,12-13H,1H3,(H,26,28)(H,29,30). The first kappa shape index (κ1) is 19.7. The first-order valence-corrected chi connectivity index (χ1v) is 9.26. The van der Waals surface area contributed by atoms with Crippen molar-refractivity contribution in [2.45, 2.75) is 6.92 Å². The number of nitriles is 1. The van der Waals surface area contributed by atoms with E-state index in [-0.39, 0.29) is 16.8 Å². The number of anilines is 1. The Labute approximate surface area is 176 Å². The minimum Gasteiger partial charge on any atom is -0.478 e. The van der Waals surface area contributed by atoms with Gasteiger partial charge in [0, 0.05) is 11.8 Å². The number of carboxylic acid groups (broad SMARTS) is 1. The molecule has 1 amide bonds. The molecule has 152 valence electrons. The number of fused-ring (bicyclic) bond motifs is 1. The van der Waals surface area contributed by atoms with Crippen molar-refractivity contribution in [3.63, 3.8) is 0 Å². The van der Waals surface area contributed by atoms with E-state index < -0.39 is 11.9 Å². The van der Waals surface area contributed by atoms with Crippen molar-refractivity contribution < 1.29 is 19.4 Å². The molecule has 4 rings (SSSR count). The molecule has 0 radical (unpaired) electrons. The molecular formula is C23H16N4O4. The predicted octanol–water partition coefficient (Wildman–Crippen LogP) is 4.26. The second-order valence-corrected chi connectivity index (χ2v) is 6.70. The van der Waals surface area contributed by atoms with Crippen molar-refractivity contribution in [2.75, 3.05) is 5.32 Å². The number of aryl methyl sites for hydroxylation is 1. The molecule has 0 bridgehead atoms. The van der Waals surface area contributed by atoms with Gasteiger partial charge in [-0.05, 0) is 48.9 Å². The zero-order valence-corrected chi connectivity index (χ0v) is 16.4. The van der Waals surface area contributed by atoms with Gasteiger partial charge >= 0.3 is 5.97 Å². The van der Waals surface area contributed by atoms with E-state index in [0.717, 1.165) is 0 Å². The van der Waals surface area contributed by atoms with Crippen LogP contribution in [0, 0.1) is 18.3 Å². The topological polar surface area (TPSA) is 117 Å². The largest absolute Gasteiger partial charge is 0.478 e. The van der Waals surface area contributed by atoms with E-state index >= 15 is 0 Å². The molecule has 0 atom stereocenters. The number of carbonyl (C=O) groups excluding carboxylic acids is 1. The molecule has 0 aliphatic rings. The molecule has 0 unspecified atom stereocenters. The van der Waals surface area contributed by atoms with Crippen LogP contribution in [0.15, 0.2) is 67.0 Å². The van der Waals surface area contributed by atoms with Gasteiger partial charge in [0.2, 0.25) is 0 Å². The fraction of sp³-hybridized carbons (Fsp3) is 0.0435. The number of nitrogens with one attached hydrogen (secondary N) is 1. The quantitative estimate of drug-likeness (QED) is 0.506. The van der Waals surface area contributed by atoms with E-state index in [1.54, 1.807) is 31.2 Å². The molecule has 0 fully saturated rings. The number of aromatic carboxylic acids is 1. The van der Waals surface area contributed by atoms with Gasteiger partial charge in [-0.2, -0.15) is 10.4 Å². The summed E-state index contributed by atoms with van der Waals surface area (Å²) in [5, 5.41) is 25.6. The lowest BCUT2D eigenvalue weighted by Gasteiger charge is -2.11. The summed E-state index contributed by atoms with van der Waals surface area (Å²) < 4.78 is 7.06. The number of carbonyl (C=O) groups is 2. The molecule has 4 aromatic rings. The molecule has 0 spiro atoms. The van der Waals surface area contributed by atoms with E-state index in [2.05, 4.69) is 10.4 Å². The van der Waals surface area contributed by atoms with Crippen LogP contribution < -0.4 is 10.1 Å². The highest BCUT2D eigenvalue weighted by Gasteiger charge is 2.20. The minimum atomic E-state index is -1.12. The summed E-state index contributed by atoms with van der Waals surface area (Å²) in [6.45, 7) is 1.60. The molecule has 2 aromatic carbocycles. The fourth-order valence-corrected chi connectivity index (χ4v) is 3.20. The van der Waals surface area contributed by atoms with E-state index in [1.807, 2.05) is 36.4 Å². The zero-order valence-electron chi connectivity index (χ0n) is 16.4. The Kier molecular flexibility index (Phi) is 5.08. The van der Waals surface area contributed by atoms with Gasteiger partial charge in [-0.3, -0.25) is 4.79 Å². The summed E-state index contributed by atoms with van der Waals surface area (Å²) >= 11 is 0. The number of amides is 1. The summed E-state index contributed by atoms with van der Waals surface area (Å²) in [5.41, 5.74) is 1.48. The fourth-order valence-electron chi connectivity index (χ4n) is 3.20. The van der Waals surface area contributed by atoms with Crippen LogP contribution in [0.1, 0.15) is 31.8 Å². The van der Waals surface area contributed by atoms with Gasteiger partial charge in [-0.25, -0.2) is 9.31 Å². The summed E-state index contributed by atoms with van der Waals surface area (Å²) in [6.07, 6.45) is 2.63. The lowest BCUT2D eigenvalue weighted by molar-refractivity contribution is 0.0696. The van der Waals surface area contributed by atoms with Gasteiger partial charge in [-0.15, -0.1) is 0 Å². The summed E-state index contributed by atoms with van der Waals surface area (Å²) in [4.78, 5) is 24.3. The Bertz CT molecular complexity index is 1340. The minimum absolute atomic E-state index is 0.0421. The van der Waals surface area contributed by atoms with Gasteiger partial charge in [-0.1, -0.05) is 18.2 Å². The highest BCUT2D eigenvalue weighted by atomic mass is 16.5. The molecule has 2 N–H and O–H groups in total. The Hall–Kier alpha value is -4.64. The SMILES string of the molecule is Cc1c(C(=O)O)cn2ncc(C#N)c(NC(=O)c3ccc(Oc4ccccc4)cc3)c12. The number of rotatable bonds is 5. The second kappa shape index (κ2) is 8.00. The average molecular weight is 412 g/mol. The maximum atomic E-state index is 12.8. The van der Waals surface area contributed by atoms with Gasteiger partial charge < -0.3 is 15.2 Å². The van der Waals surface area contributed by atoms with Crippen LogP contribution >= 0.6 is 0 Å². The van der Waals surface area contributed by atoms with Gasteiger partial charge in [0.25, 0.3) is 5.91 Å². The predicted molar refractivity (Wildman–Crippen MR) is 113 cm³/mol. The first-order chi connectivity index (χ1) is 15.0. The van der Waals surface area contributed by atoms with Crippen molar-refractivity contribution >= 4 is 23.1 Å². The number of hydrogen-bond donors (Lipinski definition) is 2. The van der Waals surface area contributed by atoms with Crippen molar-refractivity contribution in [3.05, 3.63) is 89.2 Å². The molecule has 0 saturated heterocycles. The van der Waals surface area contributed by atoms with Crippen LogP contribution in [0.2, 0.25) is 0 Å². The number of nitrogens with zero attached hydrogens (tertiary/aromatic N) is 3. The van der Waals surface area contributed by atoms with E-state index in [4.69, 9.17) is 4.74 Å². The van der Waals surface area contributed by atoms with Crippen molar-refractivity contribution in [1.29, 1.82) is 5.26 Å². The number of para-hydroxylation sites is 1. The van der Waals surface area contributed by atoms with Crippen LogP contribution in [0.5, 0.6) is 11.5 Å². The average Bonchev–Trinajstić information content (AvgIpc) is 3.12. The third-order valence-corrected chi connectivity index (χ3v) is 4.74. The third-order valence-electron chi connectivity index (χ3n) is 4.74. The molecule has 8 heteroatoms. The smallest absolute Gasteiger partial charge is 0.337 e. The Morgan fingerprint density at radius 2 is 1.77 bits per heavy atom. The Morgan fingerprint density at radius 3 is 2.42 bits per heavy atom.